The molecule has 6 nitrogen and oxygen atoms in total. The highest BCUT2D eigenvalue weighted by molar-refractivity contribution is 6.52. The minimum atomic E-state index is -0.158. The van der Waals surface area contributed by atoms with Gasteiger partial charge >= 0.3 is 0 Å². The summed E-state index contributed by atoms with van der Waals surface area (Å²) in [5.74, 6) is -0.316. The molecule has 0 amide bonds. The number of hydrogen-bond acceptors (Lipinski definition) is 4. The molecule has 1 aliphatic carbocycles. The maximum atomic E-state index is 13.4. The highest BCUT2D eigenvalue weighted by Gasteiger charge is 2.36. The van der Waals surface area contributed by atoms with Crippen molar-refractivity contribution in [3.63, 3.8) is 0 Å². The maximum absolute atomic E-state index is 13.4. The number of aromatic nitrogens is 4. The van der Waals surface area contributed by atoms with Crippen molar-refractivity contribution in [3.8, 4) is 0 Å². The van der Waals surface area contributed by atoms with Crippen LogP contribution >= 0.6 is 0 Å². The Kier molecular flexibility index (Phi) is 3.50. The van der Waals surface area contributed by atoms with Crippen molar-refractivity contribution in [2.75, 3.05) is 0 Å². The average molecular weight is 346 g/mol. The molecule has 4 rings (SSSR count). The number of hydrogen-bond donors (Lipinski definition) is 0. The molecule has 0 unspecified atom stereocenters. The van der Waals surface area contributed by atoms with Gasteiger partial charge in [0.15, 0.2) is 11.6 Å². The summed E-state index contributed by atoms with van der Waals surface area (Å²) in [6.07, 6.45) is 3.30. The van der Waals surface area contributed by atoms with Crippen LogP contribution in [-0.2, 0) is 14.1 Å². The molecule has 0 aliphatic heterocycles. The fourth-order valence-corrected chi connectivity index (χ4v) is 3.38. The Labute approximate surface area is 150 Å². The molecular weight excluding hydrogens is 328 g/mol. The number of aryl methyl sites for hydroxylation is 2. The Hall–Kier alpha value is -3.28. The van der Waals surface area contributed by atoms with E-state index in [0.29, 0.717) is 33.4 Å². The van der Waals surface area contributed by atoms with Gasteiger partial charge in [-0.1, -0.05) is 24.3 Å². The first-order valence-electron chi connectivity index (χ1n) is 8.32. The van der Waals surface area contributed by atoms with E-state index in [4.69, 9.17) is 0 Å². The zero-order valence-electron chi connectivity index (χ0n) is 15.1. The van der Waals surface area contributed by atoms with Gasteiger partial charge in [-0.2, -0.15) is 10.2 Å². The number of nitrogens with zero attached hydrogens (tertiary/aromatic N) is 4. The molecule has 1 aromatic carbocycles. The van der Waals surface area contributed by atoms with Gasteiger partial charge in [-0.3, -0.25) is 19.0 Å². The summed E-state index contributed by atoms with van der Waals surface area (Å²) in [7, 11) is 3.63. The molecule has 130 valence electrons. The van der Waals surface area contributed by atoms with Crippen LogP contribution in [0.15, 0.2) is 36.7 Å². The van der Waals surface area contributed by atoms with Crippen molar-refractivity contribution in [2.45, 2.75) is 13.8 Å². The minimum Gasteiger partial charge on any atom is -0.289 e. The van der Waals surface area contributed by atoms with Crippen molar-refractivity contribution in [2.24, 2.45) is 14.1 Å². The molecule has 3 aromatic rings. The zero-order chi connectivity index (χ0) is 18.6. The molecule has 0 spiro atoms. The predicted octanol–water partition coefficient (Wildman–Crippen LogP) is 2.76. The first-order chi connectivity index (χ1) is 12.4. The number of Topliss-reactive ketones (excluding diaryl/α,β-unsaturated/α-hetero) is 2. The van der Waals surface area contributed by atoms with Crippen LogP contribution < -0.4 is 0 Å². The maximum Gasteiger partial charge on any atom is 0.195 e. The lowest BCUT2D eigenvalue weighted by Gasteiger charge is -2.21. The van der Waals surface area contributed by atoms with Gasteiger partial charge in [0.2, 0.25) is 0 Å². The van der Waals surface area contributed by atoms with Crippen molar-refractivity contribution in [1.82, 2.24) is 19.6 Å². The van der Waals surface area contributed by atoms with Gasteiger partial charge in [0.25, 0.3) is 0 Å². The third kappa shape index (κ3) is 2.12. The molecule has 0 bridgehead atoms. The molecule has 0 N–H and O–H groups in total. The number of fused-ring (bicyclic) bond motifs is 1. The summed E-state index contributed by atoms with van der Waals surface area (Å²) in [5.41, 5.74) is 4.68. The van der Waals surface area contributed by atoms with Gasteiger partial charge in [0.05, 0.1) is 12.4 Å². The normalized spacial score (nSPS) is 14.2. The van der Waals surface area contributed by atoms with Crippen LogP contribution in [0.2, 0.25) is 0 Å². The summed E-state index contributed by atoms with van der Waals surface area (Å²) in [5, 5.41) is 8.52. The summed E-state index contributed by atoms with van der Waals surface area (Å²) < 4.78 is 3.41. The average Bonchev–Trinajstić information content (AvgIpc) is 3.14. The Morgan fingerprint density at radius 1 is 0.692 bits per heavy atom. The number of rotatable bonds is 2. The van der Waals surface area contributed by atoms with Crippen LogP contribution in [-0.4, -0.2) is 31.1 Å². The fraction of sp³-hybridized carbons (Fsp3) is 0.200. The lowest BCUT2D eigenvalue weighted by molar-refractivity contribution is 0.101. The van der Waals surface area contributed by atoms with E-state index in [1.165, 1.54) is 0 Å². The van der Waals surface area contributed by atoms with Crippen molar-refractivity contribution >= 4 is 22.7 Å². The Morgan fingerprint density at radius 2 is 1.08 bits per heavy atom. The van der Waals surface area contributed by atoms with E-state index in [0.717, 1.165) is 11.4 Å². The largest absolute Gasteiger partial charge is 0.289 e. The molecule has 6 heteroatoms. The van der Waals surface area contributed by atoms with E-state index in [1.54, 1.807) is 46.0 Å². The molecule has 0 atom stereocenters. The molecular formula is C20H18N4O2. The van der Waals surface area contributed by atoms with Crippen LogP contribution in [0.5, 0.6) is 0 Å². The first kappa shape index (κ1) is 16.2. The molecule has 26 heavy (non-hydrogen) atoms. The third-order valence-electron chi connectivity index (χ3n) is 5.13. The second-order valence-electron chi connectivity index (χ2n) is 6.49. The highest BCUT2D eigenvalue weighted by Crippen LogP contribution is 2.39. The monoisotopic (exact) mass is 346 g/mol. The summed E-state index contributed by atoms with van der Waals surface area (Å²) in [4.78, 5) is 26.7. The van der Waals surface area contributed by atoms with E-state index in [9.17, 15) is 9.59 Å². The summed E-state index contributed by atoms with van der Waals surface area (Å²) >= 11 is 0. The number of ketones is 2. The molecule has 2 heterocycles. The zero-order valence-corrected chi connectivity index (χ0v) is 15.1. The fourth-order valence-electron chi connectivity index (χ4n) is 3.38. The molecule has 2 aromatic heterocycles. The Balaban J connectivity index is 2.10. The van der Waals surface area contributed by atoms with Crippen molar-refractivity contribution in [1.29, 1.82) is 0 Å². The van der Waals surface area contributed by atoms with Gasteiger partial charge in [-0.05, 0) is 13.8 Å². The number of carbonyl (C=O) groups is 2. The van der Waals surface area contributed by atoms with Crippen LogP contribution in [0.3, 0.4) is 0 Å². The van der Waals surface area contributed by atoms with Crippen LogP contribution in [0.25, 0.3) is 11.1 Å². The van der Waals surface area contributed by atoms with Gasteiger partial charge < -0.3 is 0 Å². The Bertz CT molecular complexity index is 1030. The number of benzene rings is 1. The molecule has 0 saturated heterocycles. The summed E-state index contributed by atoms with van der Waals surface area (Å²) in [6, 6.07) is 6.96. The van der Waals surface area contributed by atoms with E-state index in [-0.39, 0.29) is 11.6 Å². The molecule has 0 fully saturated rings. The van der Waals surface area contributed by atoms with Crippen molar-refractivity contribution in [3.05, 3.63) is 70.3 Å². The highest BCUT2D eigenvalue weighted by atomic mass is 16.1. The topological polar surface area (TPSA) is 69.8 Å². The van der Waals surface area contributed by atoms with Crippen LogP contribution in [0, 0.1) is 13.8 Å². The van der Waals surface area contributed by atoms with Crippen LogP contribution in [0.1, 0.15) is 43.2 Å². The predicted molar refractivity (Wildman–Crippen MR) is 97.8 cm³/mol. The Morgan fingerprint density at radius 3 is 1.38 bits per heavy atom. The molecule has 0 radical (unpaired) electrons. The van der Waals surface area contributed by atoms with E-state index in [1.807, 2.05) is 27.9 Å². The van der Waals surface area contributed by atoms with Crippen LogP contribution in [0.4, 0.5) is 0 Å². The SMILES string of the molecule is Cc1c(C2=C(c3cnn(C)c3C)C(=O)c3ccccc3C2=O)cnn1C. The molecule has 0 saturated carbocycles. The second kappa shape index (κ2) is 5.62. The van der Waals surface area contributed by atoms with Gasteiger partial charge in [-0.15, -0.1) is 0 Å². The molecule has 1 aliphatic rings. The standard InChI is InChI=1S/C20H18N4O2/c1-11-15(9-21-23(11)3)17-18(16-10-22-24(4)12(16)2)20(26)14-8-6-5-7-13(14)19(17)25/h5-10H,1-4H3. The number of carbonyl (C=O) groups excluding carboxylic acids is 2. The van der Waals surface area contributed by atoms with Gasteiger partial charge in [0, 0.05) is 58.9 Å². The third-order valence-corrected chi connectivity index (χ3v) is 5.13. The lowest BCUT2D eigenvalue weighted by Crippen LogP contribution is -2.21. The van der Waals surface area contributed by atoms with Crippen molar-refractivity contribution < 1.29 is 9.59 Å². The minimum absolute atomic E-state index is 0.158. The first-order valence-corrected chi connectivity index (χ1v) is 8.32. The quantitative estimate of drug-likeness (QED) is 0.715. The van der Waals surface area contributed by atoms with Gasteiger partial charge in [-0.25, -0.2) is 0 Å². The van der Waals surface area contributed by atoms with Gasteiger partial charge in [0.1, 0.15) is 0 Å². The van der Waals surface area contributed by atoms with E-state index >= 15 is 0 Å². The second-order valence-corrected chi connectivity index (χ2v) is 6.49. The van der Waals surface area contributed by atoms with E-state index < -0.39 is 0 Å². The van der Waals surface area contributed by atoms with E-state index in [2.05, 4.69) is 10.2 Å². The number of allylic oxidation sites excluding steroid dienone is 2. The summed E-state index contributed by atoms with van der Waals surface area (Å²) in [6.45, 7) is 3.78. The lowest BCUT2D eigenvalue weighted by atomic mass is 9.79. The smallest absolute Gasteiger partial charge is 0.195 e.